The smallest absolute Gasteiger partial charge is 0.194 e. The van der Waals surface area contributed by atoms with E-state index >= 15 is 0 Å². The predicted molar refractivity (Wildman–Crippen MR) is 81.2 cm³/mol. The van der Waals surface area contributed by atoms with Crippen LogP contribution in [0.3, 0.4) is 0 Å². The van der Waals surface area contributed by atoms with Crippen molar-refractivity contribution in [3.63, 3.8) is 0 Å². The molecule has 1 aromatic heterocycles. The summed E-state index contributed by atoms with van der Waals surface area (Å²) in [6.07, 6.45) is 1.56. The molecule has 0 atom stereocenters. The Morgan fingerprint density at radius 2 is 2.10 bits per heavy atom. The van der Waals surface area contributed by atoms with Crippen molar-refractivity contribution in [2.45, 2.75) is 13.1 Å². The fraction of sp³-hybridized carbons (Fsp3) is 0.333. The number of methoxy groups -OCH3 is 1. The van der Waals surface area contributed by atoms with E-state index < -0.39 is 0 Å². The minimum atomic E-state index is 0.579. The second kappa shape index (κ2) is 7.33. The number of aromatic nitrogens is 1. The van der Waals surface area contributed by atoms with E-state index in [0.717, 1.165) is 23.9 Å². The number of guanidine groups is 1. The van der Waals surface area contributed by atoms with Crippen molar-refractivity contribution < 1.29 is 9.26 Å². The second-order valence-corrected chi connectivity index (χ2v) is 4.60. The highest BCUT2D eigenvalue weighted by atomic mass is 16.5. The highest BCUT2D eigenvalue weighted by molar-refractivity contribution is 5.79. The van der Waals surface area contributed by atoms with Gasteiger partial charge in [-0.1, -0.05) is 17.3 Å². The Morgan fingerprint density at radius 3 is 2.67 bits per heavy atom. The molecule has 2 aromatic rings. The Labute approximate surface area is 124 Å². The summed E-state index contributed by atoms with van der Waals surface area (Å²) in [5, 5.41) is 7.10. The minimum Gasteiger partial charge on any atom is -0.497 e. The first kappa shape index (κ1) is 14.9. The molecule has 0 fully saturated rings. The van der Waals surface area contributed by atoms with Crippen LogP contribution in [-0.2, 0) is 13.1 Å². The third kappa shape index (κ3) is 4.24. The van der Waals surface area contributed by atoms with Gasteiger partial charge in [0.25, 0.3) is 0 Å². The molecule has 1 N–H and O–H groups in total. The van der Waals surface area contributed by atoms with Crippen LogP contribution in [0.1, 0.15) is 11.3 Å². The van der Waals surface area contributed by atoms with Gasteiger partial charge in [0.05, 0.1) is 13.7 Å². The number of nitrogens with one attached hydrogen (secondary N) is 1. The summed E-state index contributed by atoms with van der Waals surface area (Å²) in [4.78, 5) is 6.31. The normalized spacial score (nSPS) is 11.3. The Balaban J connectivity index is 1.91. The average Bonchev–Trinajstić information content (AvgIpc) is 3.02. The fourth-order valence-electron chi connectivity index (χ4n) is 1.96. The van der Waals surface area contributed by atoms with Gasteiger partial charge in [0.2, 0.25) is 0 Å². The third-order valence-corrected chi connectivity index (χ3v) is 3.07. The van der Waals surface area contributed by atoms with Crippen molar-refractivity contribution in [1.29, 1.82) is 0 Å². The van der Waals surface area contributed by atoms with Gasteiger partial charge in [-0.3, -0.25) is 4.99 Å². The largest absolute Gasteiger partial charge is 0.497 e. The summed E-state index contributed by atoms with van der Waals surface area (Å²) >= 11 is 0. The topological polar surface area (TPSA) is 62.9 Å². The number of aliphatic imine (C=N–C) groups is 1. The second-order valence-electron chi connectivity index (χ2n) is 4.60. The lowest BCUT2D eigenvalue weighted by atomic mass is 10.2. The lowest BCUT2D eigenvalue weighted by molar-refractivity contribution is 0.409. The number of nitrogens with zero attached hydrogens (tertiary/aromatic N) is 3. The van der Waals surface area contributed by atoms with Gasteiger partial charge in [-0.05, 0) is 17.7 Å². The number of hydrogen-bond acceptors (Lipinski definition) is 4. The van der Waals surface area contributed by atoms with E-state index in [1.165, 1.54) is 5.56 Å². The maximum absolute atomic E-state index is 5.16. The van der Waals surface area contributed by atoms with Gasteiger partial charge in [0.15, 0.2) is 5.96 Å². The van der Waals surface area contributed by atoms with Crippen LogP contribution < -0.4 is 10.1 Å². The molecule has 0 saturated heterocycles. The molecule has 0 aliphatic carbocycles. The minimum absolute atomic E-state index is 0.579. The van der Waals surface area contributed by atoms with Crippen molar-refractivity contribution in [3.05, 3.63) is 47.9 Å². The third-order valence-electron chi connectivity index (χ3n) is 3.07. The summed E-state index contributed by atoms with van der Waals surface area (Å²) in [6, 6.07) is 9.81. The van der Waals surface area contributed by atoms with Crippen LogP contribution in [0.15, 0.2) is 46.1 Å². The number of ether oxygens (including phenoxy) is 1. The van der Waals surface area contributed by atoms with E-state index in [1.54, 1.807) is 20.4 Å². The van der Waals surface area contributed by atoms with E-state index in [-0.39, 0.29) is 0 Å². The standard InChI is InChI=1S/C15H20N4O2/c1-16-15(17-10-13-8-9-21-18-13)19(2)11-12-4-6-14(20-3)7-5-12/h4-9H,10-11H2,1-3H3,(H,16,17). The zero-order chi connectivity index (χ0) is 15.1. The molecule has 21 heavy (non-hydrogen) atoms. The molecule has 112 valence electrons. The quantitative estimate of drug-likeness (QED) is 0.672. The molecule has 6 nitrogen and oxygen atoms in total. The Morgan fingerprint density at radius 1 is 1.33 bits per heavy atom. The van der Waals surface area contributed by atoms with Crippen LogP contribution in [0.25, 0.3) is 0 Å². The molecule has 1 heterocycles. The Kier molecular flexibility index (Phi) is 5.20. The van der Waals surface area contributed by atoms with E-state index in [4.69, 9.17) is 9.26 Å². The van der Waals surface area contributed by atoms with Crippen molar-refractivity contribution in [2.75, 3.05) is 21.2 Å². The maximum atomic E-state index is 5.16. The van der Waals surface area contributed by atoms with Gasteiger partial charge in [0, 0.05) is 26.7 Å². The summed E-state index contributed by atoms with van der Waals surface area (Å²) in [5.41, 5.74) is 2.02. The molecule has 1 aromatic carbocycles. The summed E-state index contributed by atoms with van der Waals surface area (Å²) in [6.45, 7) is 1.33. The zero-order valence-electron chi connectivity index (χ0n) is 12.5. The summed E-state index contributed by atoms with van der Waals surface area (Å²) in [7, 11) is 5.41. The number of rotatable bonds is 5. The van der Waals surface area contributed by atoms with Gasteiger partial charge in [0.1, 0.15) is 17.7 Å². The molecule has 0 aliphatic rings. The first-order chi connectivity index (χ1) is 10.2. The van der Waals surface area contributed by atoms with Crippen LogP contribution in [0.4, 0.5) is 0 Å². The van der Waals surface area contributed by atoms with Crippen molar-refractivity contribution in [1.82, 2.24) is 15.4 Å². The SMILES string of the molecule is CN=C(NCc1ccon1)N(C)Cc1ccc(OC)cc1. The molecule has 0 bridgehead atoms. The maximum Gasteiger partial charge on any atom is 0.194 e. The highest BCUT2D eigenvalue weighted by Crippen LogP contribution is 2.12. The molecule has 0 amide bonds. The van der Waals surface area contributed by atoms with Crippen LogP contribution in [0, 0.1) is 0 Å². The molecule has 0 radical (unpaired) electrons. The van der Waals surface area contributed by atoms with Crippen LogP contribution >= 0.6 is 0 Å². The van der Waals surface area contributed by atoms with E-state index in [0.29, 0.717) is 6.54 Å². The number of benzene rings is 1. The van der Waals surface area contributed by atoms with Crippen molar-refractivity contribution in [2.24, 2.45) is 4.99 Å². The number of hydrogen-bond donors (Lipinski definition) is 1. The molecule has 6 heteroatoms. The molecule has 0 saturated carbocycles. The lowest BCUT2D eigenvalue weighted by Gasteiger charge is -2.21. The first-order valence-corrected chi connectivity index (χ1v) is 6.67. The van der Waals surface area contributed by atoms with Crippen molar-refractivity contribution in [3.8, 4) is 5.75 Å². The molecular formula is C15H20N4O2. The first-order valence-electron chi connectivity index (χ1n) is 6.67. The molecule has 0 aliphatic heterocycles. The highest BCUT2D eigenvalue weighted by Gasteiger charge is 2.07. The van der Waals surface area contributed by atoms with Gasteiger partial charge < -0.3 is 19.5 Å². The summed E-state index contributed by atoms with van der Waals surface area (Å²) in [5.74, 6) is 1.66. The summed E-state index contributed by atoms with van der Waals surface area (Å²) < 4.78 is 9.96. The van der Waals surface area contributed by atoms with Gasteiger partial charge >= 0.3 is 0 Å². The van der Waals surface area contributed by atoms with Crippen molar-refractivity contribution >= 4 is 5.96 Å². The van der Waals surface area contributed by atoms with Crippen LogP contribution in [0.2, 0.25) is 0 Å². The Bertz CT molecular complexity index is 564. The predicted octanol–water partition coefficient (Wildman–Crippen LogP) is 1.89. The van der Waals surface area contributed by atoms with Crippen LogP contribution in [0.5, 0.6) is 5.75 Å². The Hall–Kier alpha value is -2.50. The zero-order valence-corrected chi connectivity index (χ0v) is 12.5. The molecule has 0 unspecified atom stereocenters. The van der Waals surface area contributed by atoms with E-state index in [9.17, 15) is 0 Å². The van der Waals surface area contributed by atoms with E-state index in [1.807, 2.05) is 42.3 Å². The molecular weight excluding hydrogens is 268 g/mol. The molecule has 0 spiro atoms. The van der Waals surface area contributed by atoms with Gasteiger partial charge in [-0.25, -0.2) is 0 Å². The van der Waals surface area contributed by atoms with E-state index in [2.05, 4.69) is 15.5 Å². The van der Waals surface area contributed by atoms with Crippen LogP contribution in [-0.4, -0.2) is 37.2 Å². The average molecular weight is 288 g/mol. The monoisotopic (exact) mass is 288 g/mol. The van der Waals surface area contributed by atoms with Gasteiger partial charge in [-0.15, -0.1) is 0 Å². The molecule has 2 rings (SSSR count). The fourth-order valence-corrected chi connectivity index (χ4v) is 1.96. The lowest BCUT2D eigenvalue weighted by Crippen LogP contribution is -2.38. The van der Waals surface area contributed by atoms with Gasteiger partial charge in [-0.2, -0.15) is 0 Å².